The van der Waals surface area contributed by atoms with Crippen molar-refractivity contribution in [3.8, 4) is 0 Å². The van der Waals surface area contributed by atoms with Crippen molar-refractivity contribution in [2.24, 2.45) is 5.92 Å². The lowest BCUT2D eigenvalue weighted by molar-refractivity contribution is -0.120. The lowest BCUT2D eigenvalue weighted by Crippen LogP contribution is -2.32. The number of amides is 1. The number of sulfone groups is 1. The number of carbonyl (C=O) groups excluding carboxylic acids is 1. The third-order valence-electron chi connectivity index (χ3n) is 3.77. The third-order valence-corrected chi connectivity index (χ3v) is 5.48. The molecule has 0 unspecified atom stereocenters. The van der Waals surface area contributed by atoms with E-state index in [4.69, 9.17) is 0 Å². The maximum Gasteiger partial charge on any atom is 0.227 e. The molecule has 20 heavy (non-hydrogen) atoms. The first-order chi connectivity index (χ1) is 9.39. The molecule has 0 bridgehead atoms. The highest BCUT2D eigenvalue weighted by molar-refractivity contribution is 7.91. The van der Waals surface area contributed by atoms with E-state index in [-0.39, 0.29) is 23.3 Å². The van der Waals surface area contributed by atoms with E-state index in [1.165, 1.54) is 0 Å². The first kappa shape index (κ1) is 15.0. The van der Waals surface area contributed by atoms with Crippen LogP contribution in [-0.4, -0.2) is 25.8 Å². The van der Waals surface area contributed by atoms with E-state index >= 15 is 0 Å². The van der Waals surface area contributed by atoms with Crippen molar-refractivity contribution in [2.45, 2.75) is 32.6 Å². The Hall–Kier alpha value is -1.36. The summed E-state index contributed by atoms with van der Waals surface area (Å²) in [4.78, 5) is 12.2. The van der Waals surface area contributed by atoms with E-state index in [1.54, 1.807) is 0 Å². The predicted molar refractivity (Wildman–Crippen MR) is 80.5 cm³/mol. The Balaban J connectivity index is 2.06. The molecule has 110 valence electrons. The summed E-state index contributed by atoms with van der Waals surface area (Å²) in [5.74, 6) is 0.318. The maximum atomic E-state index is 12.2. The van der Waals surface area contributed by atoms with Crippen molar-refractivity contribution in [3.63, 3.8) is 0 Å². The van der Waals surface area contributed by atoms with Gasteiger partial charge < -0.3 is 5.32 Å². The fourth-order valence-corrected chi connectivity index (χ4v) is 3.99. The van der Waals surface area contributed by atoms with Crippen LogP contribution in [0.5, 0.6) is 0 Å². The van der Waals surface area contributed by atoms with Gasteiger partial charge in [0.1, 0.15) is 9.84 Å². The van der Waals surface area contributed by atoms with Crippen LogP contribution in [0.15, 0.2) is 24.3 Å². The molecule has 0 saturated carbocycles. The Bertz CT molecular complexity index is 579. The third kappa shape index (κ3) is 3.60. The Kier molecular flexibility index (Phi) is 4.48. The molecule has 1 heterocycles. The number of benzene rings is 1. The summed E-state index contributed by atoms with van der Waals surface area (Å²) in [6.07, 6.45) is 0.857. The Morgan fingerprint density at radius 3 is 2.40 bits per heavy atom. The SMILES string of the molecule is CC(C)c1ccccc1NC(=O)C1CCS(=O)(=O)CC1. The zero-order valence-electron chi connectivity index (χ0n) is 11.9. The molecule has 0 atom stereocenters. The van der Waals surface area contributed by atoms with Gasteiger partial charge in [0.2, 0.25) is 5.91 Å². The molecule has 2 rings (SSSR count). The monoisotopic (exact) mass is 295 g/mol. The van der Waals surface area contributed by atoms with Crippen molar-refractivity contribution >= 4 is 21.4 Å². The molecule has 1 aromatic rings. The van der Waals surface area contributed by atoms with E-state index in [0.717, 1.165) is 11.3 Å². The van der Waals surface area contributed by atoms with Crippen molar-refractivity contribution in [3.05, 3.63) is 29.8 Å². The van der Waals surface area contributed by atoms with Gasteiger partial charge in [-0.1, -0.05) is 32.0 Å². The smallest absolute Gasteiger partial charge is 0.227 e. The second-order valence-electron chi connectivity index (χ2n) is 5.66. The van der Waals surface area contributed by atoms with Crippen LogP contribution in [0.4, 0.5) is 5.69 Å². The minimum atomic E-state index is -2.92. The summed E-state index contributed by atoms with van der Waals surface area (Å²) in [6.45, 7) is 4.16. The highest BCUT2D eigenvalue weighted by Crippen LogP contribution is 2.26. The van der Waals surface area contributed by atoms with Gasteiger partial charge >= 0.3 is 0 Å². The molecule has 0 aliphatic carbocycles. The molecule has 4 nitrogen and oxygen atoms in total. The first-order valence-electron chi connectivity index (χ1n) is 6.99. The second kappa shape index (κ2) is 5.95. The van der Waals surface area contributed by atoms with Gasteiger partial charge in [-0.25, -0.2) is 8.42 Å². The quantitative estimate of drug-likeness (QED) is 0.932. The molecule has 5 heteroatoms. The molecular formula is C15H21NO3S. The van der Waals surface area contributed by atoms with Crippen LogP contribution in [-0.2, 0) is 14.6 Å². The highest BCUT2D eigenvalue weighted by Gasteiger charge is 2.28. The van der Waals surface area contributed by atoms with Crippen LogP contribution in [0.3, 0.4) is 0 Å². The van der Waals surface area contributed by atoms with E-state index in [1.807, 2.05) is 24.3 Å². The summed E-state index contributed by atoms with van der Waals surface area (Å²) in [5, 5.41) is 2.96. The fourth-order valence-electron chi connectivity index (χ4n) is 2.50. The topological polar surface area (TPSA) is 63.2 Å². The summed E-state index contributed by atoms with van der Waals surface area (Å²) < 4.78 is 22.8. The van der Waals surface area contributed by atoms with Crippen LogP contribution < -0.4 is 5.32 Å². The van der Waals surface area contributed by atoms with Gasteiger partial charge in [-0.3, -0.25) is 4.79 Å². The number of carbonyl (C=O) groups is 1. The van der Waals surface area contributed by atoms with Gasteiger partial charge in [-0.05, 0) is 30.4 Å². The van der Waals surface area contributed by atoms with Gasteiger partial charge in [0, 0.05) is 11.6 Å². The van der Waals surface area contributed by atoms with Gasteiger partial charge in [-0.2, -0.15) is 0 Å². The average molecular weight is 295 g/mol. The number of rotatable bonds is 3. The van der Waals surface area contributed by atoms with Gasteiger partial charge in [0.15, 0.2) is 0 Å². The summed E-state index contributed by atoms with van der Waals surface area (Å²) in [7, 11) is -2.92. The minimum Gasteiger partial charge on any atom is -0.326 e. The number of anilines is 1. The van der Waals surface area contributed by atoms with Gasteiger partial charge in [0.05, 0.1) is 11.5 Å². The normalized spacial score (nSPS) is 18.9. The van der Waals surface area contributed by atoms with Crippen molar-refractivity contribution < 1.29 is 13.2 Å². The molecule has 1 fully saturated rings. The molecule has 1 aromatic carbocycles. The molecular weight excluding hydrogens is 274 g/mol. The molecule has 0 spiro atoms. The summed E-state index contributed by atoms with van der Waals surface area (Å²) in [5.41, 5.74) is 1.94. The molecule has 1 N–H and O–H groups in total. The lowest BCUT2D eigenvalue weighted by Gasteiger charge is -2.22. The number of para-hydroxylation sites is 1. The maximum absolute atomic E-state index is 12.2. The van der Waals surface area contributed by atoms with Gasteiger partial charge in [-0.15, -0.1) is 0 Å². The molecule has 1 aliphatic heterocycles. The number of hydrogen-bond acceptors (Lipinski definition) is 3. The van der Waals surface area contributed by atoms with Crippen molar-refractivity contribution in [2.75, 3.05) is 16.8 Å². The lowest BCUT2D eigenvalue weighted by atomic mass is 9.99. The zero-order chi connectivity index (χ0) is 14.8. The summed E-state index contributed by atoms with van der Waals surface area (Å²) in [6, 6.07) is 7.75. The number of hydrogen-bond donors (Lipinski definition) is 1. The van der Waals surface area contributed by atoms with Crippen LogP contribution in [0.25, 0.3) is 0 Å². The van der Waals surface area contributed by atoms with Crippen LogP contribution in [0.1, 0.15) is 38.2 Å². The van der Waals surface area contributed by atoms with E-state index in [9.17, 15) is 13.2 Å². The van der Waals surface area contributed by atoms with Crippen LogP contribution >= 0.6 is 0 Å². The summed E-state index contributed by atoms with van der Waals surface area (Å²) >= 11 is 0. The Morgan fingerprint density at radius 1 is 1.20 bits per heavy atom. The van der Waals surface area contributed by atoms with Crippen LogP contribution in [0.2, 0.25) is 0 Å². The first-order valence-corrected chi connectivity index (χ1v) is 8.81. The van der Waals surface area contributed by atoms with Crippen molar-refractivity contribution in [1.29, 1.82) is 0 Å². The Morgan fingerprint density at radius 2 is 1.80 bits per heavy atom. The van der Waals surface area contributed by atoms with Crippen molar-refractivity contribution in [1.82, 2.24) is 0 Å². The van der Waals surface area contributed by atoms with Crippen LogP contribution in [0, 0.1) is 5.92 Å². The zero-order valence-corrected chi connectivity index (χ0v) is 12.7. The molecule has 1 amide bonds. The molecule has 1 saturated heterocycles. The van der Waals surface area contributed by atoms with Gasteiger partial charge in [0.25, 0.3) is 0 Å². The second-order valence-corrected chi connectivity index (χ2v) is 7.96. The van der Waals surface area contributed by atoms with E-state index in [0.29, 0.717) is 18.8 Å². The standard InChI is InChI=1S/C15H21NO3S/c1-11(2)13-5-3-4-6-14(13)16-15(17)12-7-9-20(18,19)10-8-12/h3-6,11-12H,7-10H2,1-2H3,(H,16,17). The number of nitrogens with one attached hydrogen (secondary N) is 1. The predicted octanol–water partition coefficient (Wildman–Crippen LogP) is 2.57. The molecule has 1 aliphatic rings. The largest absolute Gasteiger partial charge is 0.326 e. The molecule has 0 radical (unpaired) electrons. The minimum absolute atomic E-state index is 0.0620. The Labute approximate surface area is 120 Å². The average Bonchev–Trinajstić information content (AvgIpc) is 2.38. The highest BCUT2D eigenvalue weighted by atomic mass is 32.2. The van der Waals surface area contributed by atoms with E-state index in [2.05, 4.69) is 19.2 Å². The fraction of sp³-hybridized carbons (Fsp3) is 0.533. The van der Waals surface area contributed by atoms with E-state index < -0.39 is 9.84 Å². The molecule has 0 aromatic heterocycles.